The van der Waals surface area contributed by atoms with Gasteiger partial charge in [0, 0.05) is 12.6 Å². The highest BCUT2D eigenvalue weighted by atomic mass is 16.5. The van der Waals surface area contributed by atoms with Crippen LogP contribution in [0.25, 0.3) is 0 Å². The number of rotatable bonds is 9. The van der Waals surface area contributed by atoms with Gasteiger partial charge in [0.1, 0.15) is 23.8 Å². The molecule has 0 saturated heterocycles. The molecule has 0 aliphatic carbocycles. The lowest BCUT2D eigenvalue weighted by Gasteiger charge is -2.10. The van der Waals surface area contributed by atoms with E-state index < -0.39 is 0 Å². The second-order valence-corrected chi connectivity index (χ2v) is 6.26. The van der Waals surface area contributed by atoms with Crippen LogP contribution in [0.1, 0.15) is 16.1 Å². The molecular weight excluding hydrogens is 370 g/mol. The molecule has 0 aliphatic rings. The third-order valence-corrected chi connectivity index (χ3v) is 4.29. The van der Waals surface area contributed by atoms with Gasteiger partial charge in [-0.15, -0.1) is 0 Å². The molecule has 3 rings (SSSR count). The Kier molecular flexibility index (Phi) is 7.00. The first-order valence-electron chi connectivity index (χ1n) is 9.33. The fraction of sp³-hybridized carbons (Fsp3) is 0.227. The summed E-state index contributed by atoms with van der Waals surface area (Å²) in [7, 11) is 1.62. The topological polar surface area (TPSA) is 82.5 Å². The highest BCUT2D eigenvalue weighted by molar-refractivity contribution is 5.91. The fourth-order valence-electron chi connectivity index (χ4n) is 2.81. The number of carbonyl (C=O) groups excluding carboxylic acids is 1. The Bertz CT molecular complexity index is 1000. The van der Waals surface area contributed by atoms with E-state index in [9.17, 15) is 9.59 Å². The third-order valence-electron chi connectivity index (χ3n) is 4.29. The third kappa shape index (κ3) is 5.68. The van der Waals surface area contributed by atoms with Crippen molar-refractivity contribution in [2.75, 3.05) is 20.3 Å². The average molecular weight is 393 g/mol. The maximum atomic E-state index is 12.4. The molecule has 0 fully saturated rings. The van der Waals surface area contributed by atoms with Crippen molar-refractivity contribution in [1.29, 1.82) is 0 Å². The van der Waals surface area contributed by atoms with Gasteiger partial charge in [0.15, 0.2) is 0 Å². The fourth-order valence-corrected chi connectivity index (χ4v) is 2.81. The van der Waals surface area contributed by atoms with E-state index in [2.05, 4.69) is 10.4 Å². The van der Waals surface area contributed by atoms with Crippen LogP contribution in [0.5, 0.6) is 11.5 Å². The molecule has 150 valence electrons. The van der Waals surface area contributed by atoms with Gasteiger partial charge in [-0.1, -0.05) is 36.4 Å². The van der Waals surface area contributed by atoms with Crippen molar-refractivity contribution in [1.82, 2.24) is 15.1 Å². The molecule has 0 atom stereocenters. The molecule has 0 aliphatic heterocycles. The molecule has 1 aromatic heterocycles. The molecule has 1 N–H and O–H groups in total. The van der Waals surface area contributed by atoms with Crippen molar-refractivity contribution >= 4 is 5.91 Å². The molecule has 29 heavy (non-hydrogen) atoms. The molecule has 1 amide bonds. The van der Waals surface area contributed by atoms with E-state index in [-0.39, 0.29) is 30.3 Å². The summed E-state index contributed by atoms with van der Waals surface area (Å²) in [6.45, 7) is 0.947. The molecule has 7 nitrogen and oxygen atoms in total. The van der Waals surface area contributed by atoms with Crippen molar-refractivity contribution in [2.45, 2.75) is 13.0 Å². The standard InChI is InChI=1S/C22H23N3O4/c1-28-20-10-6-5-7-17(20)13-14-23-22(27)19-11-12-21(26)25(24-19)15-16-29-18-8-3-2-4-9-18/h2-12H,13-16H2,1H3,(H,23,27). The molecule has 0 bridgehead atoms. The summed E-state index contributed by atoms with van der Waals surface area (Å²) in [6, 6.07) is 19.7. The van der Waals surface area contributed by atoms with Gasteiger partial charge in [0.2, 0.25) is 0 Å². The Morgan fingerprint density at radius 2 is 1.79 bits per heavy atom. The summed E-state index contributed by atoms with van der Waals surface area (Å²) in [4.78, 5) is 24.4. The number of carbonyl (C=O) groups is 1. The van der Waals surface area contributed by atoms with E-state index in [1.165, 1.54) is 16.8 Å². The molecule has 0 unspecified atom stereocenters. The van der Waals surface area contributed by atoms with Gasteiger partial charge in [-0.2, -0.15) is 5.10 Å². The van der Waals surface area contributed by atoms with Gasteiger partial charge < -0.3 is 14.8 Å². The predicted octanol–water partition coefficient (Wildman–Crippen LogP) is 2.30. The Balaban J connectivity index is 1.55. The molecular formula is C22H23N3O4. The van der Waals surface area contributed by atoms with Gasteiger partial charge in [0.25, 0.3) is 11.5 Å². The molecule has 2 aromatic carbocycles. The highest BCUT2D eigenvalue weighted by Crippen LogP contribution is 2.17. The molecule has 7 heteroatoms. The summed E-state index contributed by atoms with van der Waals surface area (Å²) in [5.74, 6) is 1.16. The Hall–Kier alpha value is -3.61. The van der Waals surface area contributed by atoms with Crippen LogP contribution in [0.4, 0.5) is 0 Å². The van der Waals surface area contributed by atoms with E-state index in [1.807, 2.05) is 54.6 Å². The minimum atomic E-state index is -0.336. The van der Waals surface area contributed by atoms with Crippen LogP contribution < -0.4 is 20.3 Å². The Morgan fingerprint density at radius 1 is 1.03 bits per heavy atom. The number of aromatic nitrogens is 2. The number of benzene rings is 2. The monoisotopic (exact) mass is 393 g/mol. The van der Waals surface area contributed by atoms with E-state index in [0.29, 0.717) is 18.7 Å². The van der Waals surface area contributed by atoms with Crippen molar-refractivity contribution in [3.05, 3.63) is 88.3 Å². The average Bonchev–Trinajstić information content (AvgIpc) is 2.76. The number of amides is 1. The lowest BCUT2D eigenvalue weighted by molar-refractivity contribution is 0.0946. The number of para-hydroxylation sites is 2. The van der Waals surface area contributed by atoms with Gasteiger partial charge in [0.05, 0.1) is 13.7 Å². The first-order chi connectivity index (χ1) is 14.2. The lowest BCUT2D eigenvalue weighted by Crippen LogP contribution is -2.31. The van der Waals surface area contributed by atoms with Crippen LogP contribution in [0.2, 0.25) is 0 Å². The summed E-state index contributed by atoms with van der Waals surface area (Å²) in [5, 5.41) is 6.97. The largest absolute Gasteiger partial charge is 0.496 e. The Labute approximate surface area is 168 Å². The zero-order valence-electron chi connectivity index (χ0n) is 16.2. The van der Waals surface area contributed by atoms with E-state index in [1.54, 1.807) is 7.11 Å². The zero-order chi connectivity index (χ0) is 20.5. The highest BCUT2D eigenvalue weighted by Gasteiger charge is 2.10. The second-order valence-electron chi connectivity index (χ2n) is 6.26. The number of hydrogen-bond donors (Lipinski definition) is 1. The predicted molar refractivity (Wildman–Crippen MR) is 109 cm³/mol. The van der Waals surface area contributed by atoms with Gasteiger partial charge in [-0.05, 0) is 36.2 Å². The van der Waals surface area contributed by atoms with Crippen molar-refractivity contribution in [2.24, 2.45) is 0 Å². The number of nitrogens with zero attached hydrogens (tertiary/aromatic N) is 2. The minimum absolute atomic E-state index is 0.185. The summed E-state index contributed by atoms with van der Waals surface area (Å²) in [5.41, 5.74) is 0.905. The van der Waals surface area contributed by atoms with Crippen LogP contribution >= 0.6 is 0 Å². The van der Waals surface area contributed by atoms with Crippen molar-refractivity contribution < 1.29 is 14.3 Å². The molecule has 0 saturated carbocycles. The van der Waals surface area contributed by atoms with Crippen molar-refractivity contribution in [3.63, 3.8) is 0 Å². The van der Waals surface area contributed by atoms with E-state index in [4.69, 9.17) is 9.47 Å². The summed E-state index contributed by atoms with van der Waals surface area (Å²) >= 11 is 0. The van der Waals surface area contributed by atoms with Gasteiger partial charge in [-0.3, -0.25) is 9.59 Å². The second kappa shape index (κ2) is 10.1. The van der Waals surface area contributed by atoms with Crippen LogP contribution in [-0.4, -0.2) is 35.9 Å². The van der Waals surface area contributed by atoms with Crippen LogP contribution in [0, 0.1) is 0 Å². The lowest BCUT2D eigenvalue weighted by atomic mass is 10.1. The van der Waals surface area contributed by atoms with E-state index >= 15 is 0 Å². The summed E-state index contributed by atoms with van der Waals surface area (Å²) in [6.07, 6.45) is 0.625. The first kappa shape index (κ1) is 20.1. The number of hydrogen-bond acceptors (Lipinski definition) is 5. The first-order valence-corrected chi connectivity index (χ1v) is 9.33. The number of methoxy groups -OCH3 is 1. The van der Waals surface area contributed by atoms with Crippen molar-refractivity contribution in [3.8, 4) is 11.5 Å². The van der Waals surface area contributed by atoms with Gasteiger partial charge in [-0.25, -0.2) is 4.68 Å². The maximum absolute atomic E-state index is 12.4. The Morgan fingerprint density at radius 3 is 2.59 bits per heavy atom. The zero-order valence-corrected chi connectivity index (χ0v) is 16.2. The molecule has 1 heterocycles. The van der Waals surface area contributed by atoms with Crippen LogP contribution in [0.15, 0.2) is 71.5 Å². The van der Waals surface area contributed by atoms with Gasteiger partial charge >= 0.3 is 0 Å². The van der Waals surface area contributed by atoms with Crippen LogP contribution in [-0.2, 0) is 13.0 Å². The number of nitrogens with one attached hydrogen (secondary N) is 1. The number of ether oxygens (including phenoxy) is 2. The molecule has 3 aromatic rings. The summed E-state index contributed by atoms with van der Waals surface area (Å²) < 4.78 is 12.1. The maximum Gasteiger partial charge on any atom is 0.271 e. The minimum Gasteiger partial charge on any atom is -0.496 e. The van der Waals surface area contributed by atoms with Crippen LogP contribution in [0.3, 0.4) is 0 Å². The van der Waals surface area contributed by atoms with E-state index in [0.717, 1.165) is 11.3 Å². The smallest absolute Gasteiger partial charge is 0.271 e. The quantitative estimate of drug-likeness (QED) is 0.603. The SMILES string of the molecule is COc1ccccc1CCNC(=O)c1ccc(=O)n(CCOc2ccccc2)n1. The normalized spacial score (nSPS) is 10.4. The molecule has 0 radical (unpaired) electrons. The molecule has 0 spiro atoms.